The highest BCUT2D eigenvalue weighted by molar-refractivity contribution is 5.78. The van der Waals surface area contributed by atoms with Crippen LogP contribution in [0.25, 0.3) is 0 Å². The largest absolute Gasteiger partial charge is 0.492 e. The molecule has 21 heavy (non-hydrogen) atoms. The monoisotopic (exact) mass is 287 g/mol. The summed E-state index contributed by atoms with van der Waals surface area (Å²) in [5.74, 6) is 1.04. The Morgan fingerprint density at radius 2 is 2.24 bits per heavy atom. The quantitative estimate of drug-likeness (QED) is 0.889. The molecule has 2 rings (SSSR count). The van der Waals surface area contributed by atoms with E-state index in [9.17, 15) is 4.79 Å². The summed E-state index contributed by atoms with van der Waals surface area (Å²) in [5.41, 5.74) is 0.610. The predicted octanol–water partition coefficient (Wildman–Crippen LogP) is 1.40. The minimum Gasteiger partial charge on any atom is -0.492 e. The molecule has 0 unspecified atom stereocenters. The number of likely N-dealkylation sites (tertiary alicyclic amines) is 1. The van der Waals surface area contributed by atoms with Gasteiger partial charge in [0.2, 0.25) is 5.91 Å². The minimum absolute atomic E-state index is 0.152. The molecule has 1 fully saturated rings. The van der Waals surface area contributed by atoms with E-state index in [-0.39, 0.29) is 11.8 Å². The van der Waals surface area contributed by atoms with Gasteiger partial charge in [0.15, 0.2) is 0 Å². The molecule has 5 heteroatoms. The molecule has 0 spiro atoms. The van der Waals surface area contributed by atoms with Gasteiger partial charge >= 0.3 is 0 Å². The molecule has 1 aromatic rings. The lowest BCUT2D eigenvalue weighted by molar-refractivity contribution is -0.125. The lowest BCUT2D eigenvalue weighted by Crippen LogP contribution is -2.41. The zero-order valence-corrected chi connectivity index (χ0v) is 12.3. The number of hydrogen-bond acceptors (Lipinski definition) is 4. The fourth-order valence-electron chi connectivity index (χ4n) is 2.57. The number of piperidine rings is 1. The molecule has 1 aliphatic heterocycles. The van der Waals surface area contributed by atoms with E-state index in [1.54, 1.807) is 19.2 Å². The number of carbonyl (C=O) groups excluding carboxylic acids is 1. The van der Waals surface area contributed by atoms with Crippen molar-refractivity contribution in [2.45, 2.75) is 12.8 Å². The summed E-state index contributed by atoms with van der Waals surface area (Å²) in [4.78, 5) is 13.9. The SMILES string of the molecule is CNC(=O)C1CCN(CCOc2cccc(C#N)c2)CC1. The number of nitrogens with zero attached hydrogens (tertiary/aromatic N) is 2. The van der Waals surface area contributed by atoms with Gasteiger partial charge in [-0.2, -0.15) is 5.26 Å². The van der Waals surface area contributed by atoms with Crippen molar-refractivity contribution in [1.82, 2.24) is 10.2 Å². The Morgan fingerprint density at radius 1 is 1.48 bits per heavy atom. The number of ether oxygens (including phenoxy) is 1. The lowest BCUT2D eigenvalue weighted by Gasteiger charge is -2.30. The van der Waals surface area contributed by atoms with E-state index in [1.807, 2.05) is 12.1 Å². The van der Waals surface area contributed by atoms with Gasteiger partial charge in [0.1, 0.15) is 12.4 Å². The molecule has 0 bridgehead atoms. The lowest BCUT2D eigenvalue weighted by atomic mass is 9.96. The highest BCUT2D eigenvalue weighted by Gasteiger charge is 2.23. The van der Waals surface area contributed by atoms with Gasteiger partial charge in [0, 0.05) is 19.5 Å². The van der Waals surface area contributed by atoms with Crippen LogP contribution in [-0.4, -0.2) is 44.1 Å². The summed E-state index contributed by atoms with van der Waals surface area (Å²) in [6, 6.07) is 9.29. The Labute approximate surface area is 125 Å². The van der Waals surface area contributed by atoms with Crippen LogP contribution in [0.5, 0.6) is 5.75 Å². The standard InChI is InChI=1S/C16H21N3O2/c1-18-16(20)14-5-7-19(8-6-14)9-10-21-15-4-2-3-13(11-15)12-17/h2-4,11,14H,5-10H2,1H3,(H,18,20). The third-order valence-electron chi connectivity index (χ3n) is 3.84. The second-order valence-corrected chi connectivity index (χ2v) is 5.22. The maximum atomic E-state index is 11.6. The van der Waals surface area contributed by atoms with E-state index in [4.69, 9.17) is 10.00 Å². The number of benzene rings is 1. The van der Waals surface area contributed by atoms with Crippen LogP contribution in [0.3, 0.4) is 0 Å². The first-order valence-corrected chi connectivity index (χ1v) is 7.30. The van der Waals surface area contributed by atoms with Gasteiger partial charge < -0.3 is 10.1 Å². The van der Waals surface area contributed by atoms with Gasteiger partial charge in [0.25, 0.3) is 0 Å². The molecule has 0 atom stereocenters. The van der Waals surface area contributed by atoms with Crippen LogP contribution >= 0.6 is 0 Å². The van der Waals surface area contributed by atoms with Crippen molar-refractivity contribution < 1.29 is 9.53 Å². The fourth-order valence-corrected chi connectivity index (χ4v) is 2.57. The first-order chi connectivity index (χ1) is 10.2. The molecule has 0 aliphatic carbocycles. The maximum Gasteiger partial charge on any atom is 0.222 e. The Balaban J connectivity index is 1.70. The fraction of sp³-hybridized carbons (Fsp3) is 0.500. The van der Waals surface area contributed by atoms with Gasteiger partial charge in [-0.3, -0.25) is 9.69 Å². The van der Waals surface area contributed by atoms with Gasteiger partial charge in [-0.05, 0) is 44.1 Å². The Hall–Kier alpha value is -2.06. The van der Waals surface area contributed by atoms with Gasteiger partial charge in [-0.15, -0.1) is 0 Å². The summed E-state index contributed by atoms with van der Waals surface area (Å²) >= 11 is 0. The summed E-state index contributed by atoms with van der Waals surface area (Å²) in [7, 11) is 1.69. The molecule has 0 saturated carbocycles. The molecule has 1 amide bonds. The van der Waals surface area contributed by atoms with Crippen LogP contribution in [0.15, 0.2) is 24.3 Å². The van der Waals surface area contributed by atoms with Crippen LogP contribution in [0.4, 0.5) is 0 Å². The van der Waals surface area contributed by atoms with E-state index >= 15 is 0 Å². The zero-order valence-electron chi connectivity index (χ0n) is 12.3. The molecular weight excluding hydrogens is 266 g/mol. The van der Waals surface area contributed by atoms with Gasteiger partial charge in [-0.1, -0.05) is 6.07 Å². The minimum atomic E-state index is 0.152. The second kappa shape index (κ2) is 7.65. The highest BCUT2D eigenvalue weighted by Crippen LogP contribution is 2.17. The normalized spacial score (nSPS) is 16.2. The van der Waals surface area contributed by atoms with Crippen LogP contribution < -0.4 is 10.1 Å². The van der Waals surface area contributed by atoms with Crippen LogP contribution in [0.1, 0.15) is 18.4 Å². The Kier molecular flexibility index (Phi) is 5.59. The highest BCUT2D eigenvalue weighted by atomic mass is 16.5. The van der Waals surface area contributed by atoms with Gasteiger partial charge in [0.05, 0.1) is 11.6 Å². The van der Waals surface area contributed by atoms with Gasteiger partial charge in [-0.25, -0.2) is 0 Å². The first-order valence-electron chi connectivity index (χ1n) is 7.30. The first kappa shape index (κ1) is 15.3. The molecule has 5 nitrogen and oxygen atoms in total. The summed E-state index contributed by atoms with van der Waals surface area (Å²) in [6.45, 7) is 3.30. The van der Waals surface area contributed by atoms with Crippen LogP contribution in [0.2, 0.25) is 0 Å². The van der Waals surface area contributed by atoms with Crippen molar-refractivity contribution in [2.24, 2.45) is 5.92 Å². The number of hydrogen-bond donors (Lipinski definition) is 1. The molecule has 1 aromatic carbocycles. The molecule has 1 saturated heterocycles. The second-order valence-electron chi connectivity index (χ2n) is 5.22. The Bertz CT molecular complexity index is 516. The molecular formula is C16H21N3O2. The molecule has 0 radical (unpaired) electrons. The van der Waals surface area contributed by atoms with Crippen molar-refractivity contribution >= 4 is 5.91 Å². The molecule has 1 N–H and O–H groups in total. The summed E-state index contributed by atoms with van der Waals surface area (Å²) < 4.78 is 5.67. The maximum absolute atomic E-state index is 11.6. The third-order valence-corrected chi connectivity index (χ3v) is 3.84. The third kappa shape index (κ3) is 4.47. The van der Waals surface area contributed by atoms with E-state index in [2.05, 4.69) is 16.3 Å². The number of carbonyl (C=O) groups is 1. The molecule has 112 valence electrons. The Morgan fingerprint density at radius 3 is 2.90 bits per heavy atom. The van der Waals surface area contributed by atoms with Crippen molar-refractivity contribution in [3.8, 4) is 11.8 Å². The molecule has 1 aliphatic rings. The number of nitriles is 1. The summed E-state index contributed by atoms with van der Waals surface area (Å²) in [5, 5.41) is 11.6. The average Bonchev–Trinajstić information content (AvgIpc) is 2.55. The average molecular weight is 287 g/mol. The van der Waals surface area contributed by atoms with E-state index in [0.717, 1.165) is 38.2 Å². The van der Waals surface area contributed by atoms with E-state index < -0.39 is 0 Å². The summed E-state index contributed by atoms with van der Waals surface area (Å²) in [6.07, 6.45) is 1.81. The van der Waals surface area contributed by atoms with Crippen LogP contribution in [-0.2, 0) is 4.79 Å². The van der Waals surface area contributed by atoms with Crippen LogP contribution in [0, 0.1) is 17.2 Å². The van der Waals surface area contributed by atoms with Crippen molar-refractivity contribution in [3.63, 3.8) is 0 Å². The number of amides is 1. The van der Waals surface area contributed by atoms with Crippen molar-refractivity contribution in [3.05, 3.63) is 29.8 Å². The smallest absolute Gasteiger partial charge is 0.222 e. The number of nitrogens with one attached hydrogen (secondary N) is 1. The van der Waals surface area contributed by atoms with Crippen molar-refractivity contribution in [2.75, 3.05) is 33.3 Å². The number of rotatable bonds is 5. The topological polar surface area (TPSA) is 65.4 Å². The molecule has 0 aromatic heterocycles. The van der Waals surface area contributed by atoms with Crippen molar-refractivity contribution in [1.29, 1.82) is 5.26 Å². The zero-order chi connectivity index (χ0) is 15.1. The van der Waals surface area contributed by atoms with E-state index in [0.29, 0.717) is 12.2 Å². The van der Waals surface area contributed by atoms with E-state index in [1.165, 1.54) is 0 Å². The molecule has 1 heterocycles. The predicted molar refractivity (Wildman–Crippen MR) is 79.9 cm³/mol.